The van der Waals surface area contributed by atoms with Crippen molar-refractivity contribution in [2.45, 2.75) is 37.5 Å². The Balaban J connectivity index is 2.07. The van der Waals surface area contributed by atoms with Crippen LogP contribution < -0.4 is 5.73 Å². The molecule has 1 aromatic rings. The molecule has 2 heterocycles. The first-order valence-corrected chi connectivity index (χ1v) is 8.05. The van der Waals surface area contributed by atoms with Gasteiger partial charge in [-0.3, -0.25) is 0 Å². The second kappa shape index (κ2) is 5.83. The van der Waals surface area contributed by atoms with Gasteiger partial charge in [-0.05, 0) is 18.8 Å². The topological polar surface area (TPSA) is 89.2 Å². The molecule has 2 rings (SSSR count). The van der Waals surface area contributed by atoms with Gasteiger partial charge in [0.05, 0.1) is 12.4 Å². The number of sulfonamides is 1. The predicted octanol–water partition coefficient (Wildman–Crippen LogP) is 1.26. The van der Waals surface area contributed by atoms with E-state index in [0.717, 1.165) is 19.3 Å². The molecule has 0 spiro atoms. The lowest BCUT2D eigenvalue weighted by molar-refractivity contribution is 0.262. The molecule has 0 amide bonds. The van der Waals surface area contributed by atoms with Crippen LogP contribution in [-0.2, 0) is 10.0 Å². The summed E-state index contributed by atoms with van der Waals surface area (Å²) in [6, 6.07) is 0. The maximum absolute atomic E-state index is 12.4. The van der Waals surface area contributed by atoms with Crippen LogP contribution in [0.3, 0.4) is 0 Å². The summed E-state index contributed by atoms with van der Waals surface area (Å²) in [4.78, 5) is 7.61. The van der Waals surface area contributed by atoms with Crippen molar-refractivity contribution in [2.75, 3.05) is 18.8 Å². The van der Waals surface area contributed by atoms with Crippen LogP contribution in [0.5, 0.6) is 0 Å². The molecule has 0 radical (unpaired) electrons. The largest absolute Gasteiger partial charge is 0.368 e. The van der Waals surface area contributed by atoms with E-state index in [-0.39, 0.29) is 10.8 Å². The Morgan fingerprint density at radius 2 is 1.89 bits per heavy atom. The first-order valence-electron chi connectivity index (χ1n) is 6.61. The van der Waals surface area contributed by atoms with Crippen molar-refractivity contribution in [1.82, 2.24) is 14.3 Å². The zero-order valence-electron chi connectivity index (χ0n) is 11.1. The van der Waals surface area contributed by atoms with Crippen molar-refractivity contribution in [3.63, 3.8) is 0 Å². The van der Waals surface area contributed by atoms with Crippen LogP contribution in [0.4, 0.5) is 5.95 Å². The quantitative estimate of drug-likeness (QED) is 0.899. The van der Waals surface area contributed by atoms with Gasteiger partial charge in [0, 0.05) is 13.1 Å². The van der Waals surface area contributed by atoms with E-state index < -0.39 is 10.0 Å². The highest BCUT2D eigenvalue weighted by atomic mass is 32.2. The molecule has 0 bridgehead atoms. The van der Waals surface area contributed by atoms with Crippen LogP contribution in [0.1, 0.15) is 32.6 Å². The smallest absolute Gasteiger partial charge is 0.246 e. The highest BCUT2D eigenvalue weighted by Gasteiger charge is 2.29. The zero-order chi connectivity index (χ0) is 13.9. The Morgan fingerprint density at radius 3 is 2.42 bits per heavy atom. The average Bonchev–Trinajstić information content (AvgIpc) is 2.40. The van der Waals surface area contributed by atoms with Gasteiger partial charge in [-0.2, -0.15) is 4.31 Å². The highest BCUT2D eigenvalue weighted by Crippen LogP contribution is 2.25. The van der Waals surface area contributed by atoms with Gasteiger partial charge in [0.15, 0.2) is 0 Å². The number of rotatable bonds is 4. The molecule has 19 heavy (non-hydrogen) atoms. The molecular weight excluding hydrogens is 264 g/mol. The minimum atomic E-state index is -3.46. The lowest BCUT2D eigenvalue weighted by Gasteiger charge is -2.30. The Bertz CT molecular complexity index is 507. The van der Waals surface area contributed by atoms with Gasteiger partial charge in [-0.25, -0.2) is 18.4 Å². The van der Waals surface area contributed by atoms with E-state index in [1.807, 2.05) is 0 Å². The van der Waals surface area contributed by atoms with Gasteiger partial charge in [0.2, 0.25) is 16.0 Å². The molecule has 1 aromatic heterocycles. The third-order valence-electron chi connectivity index (χ3n) is 3.56. The molecular formula is C12H20N4O2S. The Kier molecular flexibility index (Phi) is 4.36. The molecule has 1 fully saturated rings. The van der Waals surface area contributed by atoms with Gasteiger partial charge in [0.25, 0.3) is 0 Å². The molecule has 0 unspecified atom stereocenters. The fourth-order valence-electron chi connectivity index (χ4n) is 2.46. The average molecular weight is 284 g/mol. The number of nitrogens with two attached hydrogens (primary N) is 1. The molecule has 7 heteroatoms. The molecule has 6 nitrogen and oxygen atoms in total. The fourth-order valence-corrected chi connectivity index (χ4v) is 3.82. The van der Waals surface area contributed by atoms with E-state index in [1.54, 1.807) is 0 Å². The molecule has 0 aromatic carbocycles. The zero-order valence-corrected chi connectivity index (χ0v) is 11.9. The summed E-state index contributed by atoms with van der Waals surface area (Å²) < 4.78 is 26.3. The highest BCUT2D eigenvalue weighted by molar-refractivity contribution is 7.89. The van der Waals surface area contributed by atoms with Crippen molar-refractivity contribution in [2.24, 2.45) is 5.92 Å². The standard InChI is InChI=1S/C12H20N4O2S/c1-2-3-10-4-6-16(7-5-10)19(17,18)11-8-14-12(13)15-9-11/h8-10H,2-7H2,1H3,(H2,13,14,15). The molecule has 1 aliphatic rings. The molecule has 0 atom stereocenters. The van der Waals surface area contributed by atoms with Gasteiger partial charge < -0.3 is 5.73 Å². The number of anilines is 1. The number of hydrogen-bond donors (Lipinski definition) is 1. The number of nitrogen functional groups attached to an aromatic ring is 1. The summed E-state index contributed by atoms with van der Waals surface area (Å²) >= 11 is 0. The number of piperidine rings is 1. The maximum Gasteiger partial charge on any atom is 0.246 e. The first kappa shape index (κ1) is 14.2. The Labute approximate surface area is 114 Å². The molecule has 0 saturated carbocycles. The monoisotopic (exact) mass is 284 g/mol. The molecule has 0 aliphatic carbocycles. The minimum Gasteiger partial charge on any atom is -0.368 e. The van der Waals surface area contributed by atoms with Gasteiger partial charge in [-0.15, -0.1) is 0 Å². The van der Waals surface area contributed by atoms with Gasteiger partial charge >= 0.3 is 0 Å². The normalized spacial score (nSPS) is 18.6. The van der Waals surface area contributed by atoms with E-state index in [9.17, 15) is 8.42 Å². The molecule has 2 N–H and O–H groups in total. The van der Waals surface area contributed by atoms with E-state index in [2.05, 4.69) is 16.9 Å². The van der Waals surface area contributed by atoms with Gasteiger partial charge in [0.1, 0.15) is 4.90 Å². The summed E-state index contributed by atoms with van der Waals surface area (Å²) in [5.41, 5.74) is 5.37. The third kappa shape index (κ3) is 3.22. The molecule has 1 aliphatic heterocycles. The van der Waals surface area contributed by atoms with E-state index in [4.69, 9.17) is 5.73 Å². The van der Waals surface area contributed by atoms with Crippen molar-refractivity contribution < 1.29 is 8.42 Å². The van der Waals surface area contributed by atoms with Crippen LogP contribution in [0.25, 0.3) is 0 Å². The minimum absolute atomic E-state index is 0.0839. The third-order valence-corrected chi connectivity index (χ3v) is 5.41. The van der Waals surface area contributed by atoms with E-state index in [1.165, 1.54) is 23.1 Å². The fraction of sp³-hybridized carbons (Fsp3) is 0.667. The van der Waals surface area contributed by atoms with Crippen molar-refractivity contribution in [3.05, 3.63) is 12.4 Å². The molecule has 106 valence electrons. The van der Waals surface area contributed by atoms with Crippen molar-refractivity contribution in [3.8, 4) is 0 Å². The second-order valence-electron chi connectivity index (χ2n) is 4.91. The summed E-state index contributed by atoms with van der Waals surface area (Å²) in [5.74, 6) is 0.736. The van der Waals surface area contributed by atoms with E-state index >= 15 is 0 Å². The summed E-state index contributed by atoms with van der Waals surface area (Å²) in [6.45, 7) is 3.32. The van der Waals surface area contributed by atoms with Crippen LogP contribution >= 0.6 is 0 Å². The van der Waals surface area contributed by atoms with Crippen molar-refractivity contribution >= 4 is 16.0 Å². The van der Waals surface area contributed by atoms with Crippen LogP contribution in [-0.4, -0.2) is 35.8 Å². The molecule has 1 saturated heterocycles. The first-order chi connectivity index (χ1) is 9.04. The van der Waals surface area contributed by atoms with Crippen LogP contribution in [0.15, 0.2) is 17.3 Å². The summed E-state index contributed by atoms with van der Waals surface area (Å²) in [7, 11) is -3.46. The van der Waals surface area contributed by atoms with Gasteiger partial charge in [-0.1, -0.05) is 19.8 Å². The summed E-state index contributed by atoms with van der Waals surface area (Å²) in [5, 5.41) is 0. The lowest BCUT2D eigenvalue weighted by atomic mass is 9.94. The van der Waals surface area contributed by atoms with Crippen LogP contribution in [0.2, 0.25) is 0 Å². The van der Waals surface area contributed by atoms with Crippen LogP contribution in [0, 0.1) is 5.92 Å². The number of nitrogens with zero attached hydrogens (tertiary/aromatic N) is 3. The maximum atomic E-state index is 12.4. The number of hydrogen-bond acceptors (Lipinski definition) is 5. The number of aromatic nitrogens is 2. The van der Waals surface area contributed by atoms with E-state index in [0.29, 0.717) is 19.0 Å². The SMILES string of the molecule is CCCC1CCN(S(=O)(=O)c2cnc(N)nc2)CC1. The Morgan fingerprint density at radius 1 is 1.32 bits per heavy atom. The predicted molar refractivity (Wildman–Crippen MR) is 72.8 cm³/mol. The Hall–Kier alpha value is -1.21. The van der Waals surface area contributed by atoms with Crippen molar-refractivity contribution in [1.29, 1.82) is 0 Å². The second-order valence-corrected chi connectivity index (χ2v) is 6.85. The lowest BCUT2D eigenvalue weighted by Crippen LogP contribution is -2.38. The summed E-state index contributed by atoms with van der Waals surface area (Å²) in [6.07, 6.45) is 6.75.